The molecule has 0 unspecified atom stereocenters. The second-order valence-corrected chi connectivity index (χ2v) is 7.20. The number of ether oxygens (including phenoxy) is 2. The van der Waals surface area contributed by atoms with Crippen LogP contribution in [0.3, 0.4) is 0 Å². The number of halogens is 1. The van der Waals surface area contributed by atoms with Crippen LogP contribution in [0.25, 0.3) is 17.1 Å². The second kappa shape index (κ2) is 8.57. The van der Waals surface area contributed by atoms with E-state index in [1.54, 1.807) is 67.6 Å². The number of carbonyl (C=O) groups is 1. The van der Waals surface area contributed by atoms with Crippen molar-refractivity contribution >= 4 is 23.2 Å². The zero-order chi connectivity index (χ0) is 22.0. The van der Waals surface area contributed by atoms with Crippen LogP contribution in [-0.4, -0.2) is 29.9 Å². The highest BCUT2D eigenvalue weighted by Gasteiger charge is 2.20. The monoisotopic (exact) mass is 437 g/mol. The van der Waals surface area contributed by atoms with Crippen molar-refractivity contribution in [3.8, 4) is 28.6 Å². The number of nitrogens with one attached hydrogen (secondary N) is 1. The smallest absolute Gasteiger partial charge is 0.276 e. The van der Waals surface area contributed by atoms with E-state index in [4.69, 9.17) is 25.5 Å². The zero-order valence-electron chi connectivity index (χ0n) is 17.2. The first-order valence-electron chi connectivity index (χ1n) is 9.44. The molecule has 2 aromatic carbocycles. The lowest BCUT2D eigenvalue weighted by Gasteiger charge is -2.13. The zero-order valence-corrected chi connectivity index (χ0v) is 17.9. The summed E-state index contributed by atoms with van der Waals surface area (Å²) in [5, 5.41) is 7.96. The molecule has 2 heterocycles. The van der Waals surface area contributed by atoms with Gasteiger partial charge in [-0.2, -0.15) is 5.10 Å². The molecule has 4 rings (SSSR count). The molecule has 0 aliphatic heterocycles. The van der Waals surface area contributed by atoms with Crippen molar-refractivity contribution in [2.24, 2.45) is 0 Å². The number of carbonyl (C=O) groups excluding carboxylic acids is 1. The van der Waals surface area contributed by atoms with Crippen LogP contribution in [0.2, 0.25) is 5.02 Å². The van der Waals surface area contributed by atoms with Gasteiger partial charge in [0.25, 0.3) is 5.91 Å². The molecular formula is C23H20ClN3O4. The van der Waals surface area contributed by atoms with Crippen LogP contribution in [-0.2, 0) is 0 Å². The van der Waals surface area contributed by atoms with E-state index < -0.39 is 0 Å². The first-order valence-corrected chi connectivity index (χ1v) is 9.82. The summed E-state index contributed by atoms with van der Waals surface area (Å²) >= 11 is 6.15. The maximum atomic E-state index is 13.0. The fraction of sp³-hybridized carbons (Fsp3) is 0.130. The molecule has 0 fully saturated rings. The highest BCUT2D eigenvalue weighted by molar-refractivity contribution is 6.30. The van der Waals surface area contributed by atoms with Gasteiger partial charge in [0.1, 0.15) is 5.69 Å². The normalized spacial score (nSPS) is 10.7. The number of aryl methyl sites for hydroxylation is 1. The van der Waals surface area contributed by atoms with Crippen LogP contribution in [0.4, 0.5) is 5.69 Å². The van der Waals surface area contributed by atoms with Gasteiger partial charge in [-0.05, 0) is 48.9 Å². The van der Waals surface area contributed by atoms with Gasteiger partial charge in [-0.3, -0.25) is 4.79 Å². The molecule has 0 radical (unpaired) electrons. The topological polar surface area (TPSA) is 78.5 Å². The molecule has 0 saturated heterocycles. The Labute approximate surface area is 184 Å². The van der Waals surface area contributed by atoms with Crippen molar-refractivity contribution < 1.29 is 18.7 Å². The summed E-state index contributed by atoms with van der Waals surface area (Å²) in [6.45, 7) is 1.87. The Hall–Kier alpha value is -3.71. The van der Waals surface area contributed by atoms with Crippen molar-refractivity contribution in [3.63, 3.8) is 0 Å². The number of aromatic nitrogens is 2. The van der Waals surface area contributed by atoms with E-state index in [1.165, 1.54) is 0 Å². The third kappa shape index (κ3) is 4.13. The summed E-state index contributed by atoms with van der Waals surface area (Å²) in [5.41, 5.74) is 2.98. The number of anilines is 1. The minimum absolute atomic E-state index is 0.223. The second-order valence-electron chi connectivity index (χ2n) is 6.76. The number of furan rings is 1. The average molecular weight is 438 g/mol. The predicted molar refractivity (Wildman–Crippen MR) is 119 cm³/mol. The van der Waals surface area contributed by atoms with Crippen molar-refractivity contribution in [2.75, 3.05) is 19.5 Å². The number of hydrogen-bond donors (Lipinski definition) is 1. The third-order valence-electron chi connectivity index (χ3n) is 4.75. The Bertz CT molecular complexity index is 1230. The number of methoxy groups -OCH3 is 2. The Morgan fingerprint density at radius 1 is 1.06 bits per heavy atom. The van der Waals surface area contributed by atoms with Gasteiger partial charge in [0, 0.05) is 22.8 Å². The Morgan fingerprint density at radius 2 is 1.84 bits per heavy atom. The third-order valence-corrected chi connectivity index (χ3v) is 4.98. The molecule has 0 atom stereocenters. The molecule has 158 valence electrons. The van der Waals surface area contributed by atoms with Crippen LogP contribution < -0.4 is 14.8 Å². The van der Waals surface area contributed by atoms with Gasteiger partial charge in [0.2, 0.25) is 0 Å². The molecule has 4 aromatic rings. The predicted octanol–water partition coefficient (Wildman–Crippen LogP) is 5.36. The number of amides is 1. The molecule has 1 amide bonds. The maximum absolute atomic E-state index is 13.0. The largest absolute Gasteiger partial charge is 0.493 e. The number of rotatable bonds is 6. The lowest BCUT2D eigenvalue weighted by atomic mass is 10.1. The molecule has 31 heavy (non-hydrogen) atoms. The SMILES string of the molecule is COc1cc(C)c(NC(=O)c2cc(-c3ccco3)n(-c3cccc(Cl)c3)n2)cc1OC. The van der Waals surface area contributed by atoms with E-state index in [2.05, 4.69) is 10.4 Å². The van der Waals surface area contributed by atoms with E-state index in [0.717, 1.165) is 5.56 Å². The van der Waals surface area contributed by atoms with Crippen LogP contribution in [0, 0.1) is 6.92 Å². The van der Waals surface area contributed by atoms with E-state index in [1.807, 2.05) is 19.1 Å². The summed E-state index contributed by atoms with van der Waals surface area (Å²) in [7, 11) is 3.11. The van der Waals surface area contributed by atoms with Gasteiger partial charge in [-0.15, -0.1) is 0 Å². The summed E-state index contributed by atoms with van der Waals surface area (Å²) in [6, 6.07) is 16.0. The molecule has 0 aliphatic rings. The molecule has 0 aliphatic carbocycles. The van der Waals surface area contributed by atoms with Gasteiger partial charge >= 0.3 is 0 Å². The molecule has 0 spiro atoms. The van der Waals surface area contributed by atoms with E-state index in [0.29, 0.717) is 39.4 Å². The van der Waals surface area contributed by atoms with E-state index >= 15 is 0 Å². The number of benzene rings is 2. The molecule has 1 N–H and O–H groups in total. The van der Waals surface area contributed by atoms with E-state index in [9.17, 15) is 4.79 Å². The van der Waals surface area contributed by atoms with Gasteiger partial charge in [-0.1, -0.05) is 17.7 Å². The summed E-state index contributed by atoms with van der Waals surface area (Å²) in [6.07, 6.45) is 1.57. The number of hydrogen-bond acceptors (Lipinski definition) is 5. The molecule has 8 heteroatoms. The molecule has 2 aromatic heterocycles. The molecule has 0 saturated carbocycles. The van der Waals surface area contributed by atoms with Crippen LogP contribution in [0.5, 0.6) is 11.5 Å². The van der Waals surface area contributed by atoms with E-state index in [-0.39, 0.29) is 11.6 Å². The van der Waals surface area contributed by atoms with Gasteiger partial charge in [0.15, 0.2) is 23.0 Å². The lowest BCUT2D eigenvalue weighted by Crippen LogP contribution is -2.14. The highest BCUT2D eigenvalue weighted by atomic mass is 35.5. The Balaban J connectivity index is 1.72. The first kappa shape index (κ1) is 20.6. The summed E-state index contributed by atoms with van der Waals surface area (Å²) < 4.78 is 17.8. The number of nitrogens with zero attached hydrogens (tertiary/aromatic N) is 2. The minimum atomic E-state index is -0.371. The van der Waals surface area contributed by atoms with Crippen molar-refractivity contribution in [1.29, 1.82) is 0 Å². The quantitative estimate of drug-likeness (QED) is 0.439. The Kier molecular flexibility index (Phi) is 5.68. The summed E-state index contributed by atoms with van der Waals surface area (Å²) in [5.74, 6) is 1.31. The first-order chi connectivity index (χ1) is 15.0. The van der Waals surface area contributed by atoms with Gasteiger partial charge in [0.05, 0.1) is 26.2 Å². The fourth-order valence-electron chi connectivity index (χ4n) is 3.20. The van der Waals surface area contributed by atoms with Crippen LogP contribution in [0.1, 0.15) is 16.1 Å². The van der Waals surface area contributed by atoms with Crippen LogP contribution >= 0.6 is 11.6 Å². The lowest BCUT2D eigenvalue weighted by molar-refractivity contribution is 0.102. The minimum Gasteiger partial charge on any atom is -0.493 e. The van der Waals surface area contributed by atoms with Crippen molar-refractivity contribution in [3.05, 3.63) is 77.1 Å². The maximum Gasteiger partial charge on any atom is 0.276 e. The van der Waals surface area contributed by atoms with Gasteiger partial charge in [-0.25, -0.2) is 4.68 Å². The molecule has 7 nitrogen and oxygen atoms in total. The Morgan fingerprint density at radius 3 is 2.52 bits per heavy atom. The molecular weight excluding hydrogens is 418 g/mol. The highest BCUT2D eigenvalue weighted by Crippen LogP contribution is 2.33. The van der Waals surface area contributed by atoms with Crippen LogP contribution in [0.15, 0.2) is 65.3 Å². The van der Waals surface area contributed by atoms with Gasteiger partial charge < -0.3 is 19.2 Å². The standard InChI is InChI=1S/C23H20ClN3O4/c1-14-10-21(29-2)22(30-3)13-17(14)25-23(28)18-12-19(20-8-5-9-31-20)27(26-18)16-7-4-6-15(24)11-16/h4-13H,1-3H3,(H,25,28). The van der Waals surface area contributed by atoms with Crippen molar-refractivity contribution in [1.82, 2.24) is 9.78 Å². The van der Waals surface area contributed by atoms with Crippen molar-refractivity contribution in [2.45, 2.75) is 6.92 Å². The molecule has 0 bridgehead atoms. The summed E-state index contributed by atoms with van der Waals surface area (Å²) in [4.78, 5) is 13.0. The average Bonchev–Trinajstić information content (AvgIpc) is 3.44. The fourth-order valence-corrected chi connectivity index (χ4v) is 3.38.